The van der Waals surface area contributed by atoms with Crippen molar-refractivity contribution in [2.45, 2.75) is 33.1 Å². The molecule has 0 fully saturated rings. The highest BCUT2D eigenvalue weighted by Gasteiger charge is 2.18. The normalized spacial score (nSPS) is 15.9. The first-order valence-electron chi connectivity index (χ1n) is 5.61. The standard InChI is InChI=1S/C15H20O/c1-5-7-13-12(11(3)4)9-10-15(16)14(13)8-6-2/h5-6,10,16H,1-2,7-9H2,3-4H3. The molecule has 1 aliphatic rings. The highest BCUT2D eigenvalue weighted by atomic mass is 16.3. The summed E-state index contributed by atoms with van der Waals surface area (Å²) in [4.78, 5) is 0. The van der Waals surface area contributed by atoms with Gasteiger partial charge in [-0.2, -0.15) is 0 Å². The molecule has 86 valence electrons. The molecule has 16 heavy (non-hydrogen) atoms. The van der Waals surface area contributed by atoms with Crippen LogP contribution >= 0.6 is 0 Å². The van der Waals surface area contributed by atoms with Gasteiger partial charge in [0.25, 0.3) is 0 Å². The van der Waals surface area contributed by atoms with E-state index in [-0.39, 0.29) is 0 Å². The van der Waals surface area contributed by atoms with Gasteiger partial charge in [0.2, 0.25) is 0 Å². The minimum absolute atomic E-state index is 0.404. The Hall–Kier alpha value is -1.50. The molecule has 0 aromatic rings. The lowest BCUT2D eigenvalue weighted by molar-refractivity contribution is 0.415. The van der Waals surface area contributed by atoms with E-state index in [0.29, 0.717) is 12.2 Å². The van der Waals surface area contributed by atoms with Crippen LogP contribution in [-0.4, -0.2) is 5.11 Å². The fourth-order valence-electron chi connectivity index (χ4n) is 2.05. The molecule has 0 aromatic carbocycles. The van der Waals surface area contributed by atoms with Crippen molar-refractivity contribution >= 4 is 0 Å². The fraction of sp³-hybridized carbons (Fsp3) is 0.333. The second-order valence-corrected chi connectivity index (χ2v) is 4.21. The predicted molar refractivity (Wildman–Crippen MR) is 70.4 cm³/mol. The van der Waals surface area contributed by atoms with Crippen molar-refractivity contribution in [3.05, 3.63) is 59.4 Å². The third kappa shape index (κ3) is 2.54. The molecule has 0 saturated heterocycles. The molecule has 0 unspecified atom stereocenters. The van der Waals surface area contributed by atoms with Gasteiger partial charge >= 0.3 is 0 Å². The molecule has 1 heteroatoms. The molecule has 0 radical (unpaired) electrons. The summed E-state index contributed by atoms with van der Waals surface area (Å²) in [6.07, 6.45) is 7.94. The summed E-state index contributed by atoms with van der Waals surface area (Å²) >= 11 is 0. The van der Waals surface area contributed by atoms with Gasteiger partial charge < -0.3 is 5.11 Å². The molecule has 1 rings (SSSR count). The number of hydrogen-bond donors (Lipinski definition) is 1. The van der Waals surface area contributed by atoms with E-state index in [2.05, 4.69) is 27.0 Å². The van der Waals surface area contributed by atoms with Gasteiger partial charge in [-0.3, -0.25) is 0 Å². The first-order valence-corrected chi connectivity index (χ1v) is 5.61. The van der Waals surface area contributed by atoms with Crippen molar-refractivity contribution in [2.75, 3.05) is 0 Å². The molecule has 1 nitrogen and oxygen atoms in total. The van der Waals surface area contributed by atoms with Crippen LogP contribution in [0.1, 0.15) is 33.1 Å². The zero-order valence-electron chi connectivity index (χ0n) is 10.2. The Labute approximate surface area is 98.2 Å². The van der Waals surface area contributed by atoms with Crippen LogP contribution in [0, 0.1) is 0 Å². The molecule has 0 aromatic heterocycles. The van der Waals surface area contributed by atoms with E-state index in [1.54, 1.807) is 0 Å². The second-order valence-electron chi connectivity index (χ2n) is 4.21. The maximum absolute atomic E-state index is 9.90. The number of aliphatic hydroxyl groups excluding tert-OH is 1. The zero-order chi connectivity index (χ0) is 12.1. The van der Waals surface area contributed by atoms with Crippen LogP contribution in [0.2, 0.25) is 0 Å². The molecule has 0 bridgehead atoms. The largest absolute Gasteiger partial charge is 0.508 e. The Morgan fingerprint density at radius 2 is 1.81 bits per heavy atom. The Bertz CT molecular complexity index is 388. The molecule has 1 aliphatic carbocycles. The van der Waals surface area contributed by atoms with Crippen LogP contribution in [0.4, 0.5) is 0 Å². The average Bonchev–Trinajstić information content (AvgIpc) is 2.23. The Kier molecular flexibility index (Phi) is 4.36. The van der Waals surface area contributed by atoms with Crippen LogP contribution in [0.5, 0.6) is 0 Å². The molecule has 0 aliphatic heterocycles. The quantitative estimate of drug-likeness (QED) is 0.680. The molecule has 0 spiro atoms. The minimum atomic E-state index is 0.404. The molecular weight excluding hydrogens is 196 g/mol. The van der Waals surface area contributed by atoms with Gasteiger partial charge in [-0.1, -0.05) is 17.7 Å². The van der Waals surface area contributed by atoms with Crippen molar-refractivity contribution in [3.8, 4) is 0 Å². The van der Waals surface area contributed by atoms with Crippen LogP contribution < -0.4 is 0 Å². The number of hydrogen-bond acceptors (Lipinski definition) is 1. The SMILES string of the molecule is C=CCC1=C(CC=C)C(=C(C)C)CC=C1O. The molecular formula is C15H20O. The van der Waals surface area contributed by atoms with Crippen molar-refractivity contribution in [1.29, 1.82) is 0 Å². The number of rotatable bonds is 4. The van der Waals surface area contributed by atoms with E-state index in [1.165, 1.54) is 16.7 Å². The summed E-state index contributed by atoms with van der Waals surface area (Å²) in [6.45, 7) is 11.7. The van der Waals surface area contributed by atoms with Gasteiger partial charge in [0, 0.05) is 5.57 Å². The summed E-state index contributed by atoms with van der Waals surface area (Å²) in [5.74, 6) is 0.404. The Morgan fingerprint density at radius 3 is 2.31 bits per heavy atom. The second kappa shape index (κ2) is 5.55. The van der Waals surface area contributed by atoms with Crippen LogP contribution in [0.3, 0.4) is 0 Å². The summed E-state index contributed by atoms with van der Waals surface area (Å²) in [5, 5.41) is 9.90. The van der Waals surface area contributed by atoms with E-state index in [4.69, 9.17) is 0 Å². The number of allylic oxidation sites excluding steroid dienone is 7. The first-order chi connectivity index (χ1) is 7.61. The van der Waals surface area contributed by atoms with E-state index in [9.17, 15) is 5.11 Å². The van der Waals surface area contributed by atoms with E-state index in [1.807, 2.05) is 18.2 Å². The smallest absolute Gasteiger partial charge is 0.115 e. The Morgan fingerprint density at radius 1 is 1.25 bits per heavy atom. The van der Waals surface area contributed by atoms with Crippen LogP contribution in [-0.2, 0) is 0 Å². The van der Waals surface area contributed by atoms with Gasteiger partial charge in [-0.05, 0) is 50.3 Å². The van der Waals surface area contributed by atoms with Crippen molar-refractivity contribution < 1.29 is 5.11 Å². The van der Waals surface area contributed by atoms with Gasteiger partial charge in [-0.15, -0.1) is 13.2 Å². The summed E-state index contributed by atoms with van der Waals surface area (Å²) in [6, 6.07) is 0. The van der Waals surface area contributed by atoms with Gasteiger partial charge in [-0.25, -0.2) is 0 Å². The van der Waals surface area contributed by atoms with Crippen molar-refractivity contribution in [3.63, 3.8) is 0 Å². The zero-order valence-corrected chi connectivity index (χ0v) is 10.2. The summed E-state index contributed by atoms with van der Waals surface area (Å²) in [7, 11) is 0. The van der Waals surface area contributed by atoms with Crippen LogP contribution in [0.15, 0.2) is 59.4 Å². The number of aliphatic hydroxyl groups is 1. The fourth-order valence-corrected chi connectivity index (χ4v) is 2.05. The molecule has 0 amide bonds. The Balaban J connectivity index is 3.28. The van der Waals surface area contributed by atoms with E-state index < -0.39 is 0 Å². The highest BCUT2D eigenvalue weighted by molar-refractivity contribution is 5.50. The predicted octanol–water partition coefficient (Wildman–Crippen LogP) is 4.62. The maximum atomic E-state index is 9.90. The summed E-state index contributed by atoms with van der Waals surface area (Å²) < 4.78 is 0. The minimum Gasteiger partial charge on any atom is -0.508 e. The lowest BCUT2D eigenvalue weighted by Gasteiger charge is -2.21. The summed E-state index contributed by atoms with van der Waals surface area (Å²) in [5.41, 5.74) is 4.85. The van der Waals surface area contributed by atoms with Gasteiger partial charge in [0.1, 0.15) is 5.76 Å². The molecule has 0 saturated carbocycles. The highest BCUT2D eigenvalue weighted by Crippen LogP contribution is 2.34. The third-order valence-corrected chi connectivity index (χ3v) is 2.84. The van der Waals surface area contributed by atoms with Gasteiger partial charge in [0.15, 0.2) is 0 Å². The van der Waals surface area contributed by atoms with Crippen molar-refractivity contribution in [1.82, 2.24) is 0 Å². The monoisotopic (exact) mass is 216 g/mol. The van der Waals surface area contributed by atoms with Crippen molar-refractivity contribution in [2.24, 2.45) is 0 Å². The lowest BCUT2D eigenvalue weighted by Crippen LogP contribution is -2.05. The topological polar surface area (TPSA) is 20.2 Å². The molecule has 0 atom stereocenters. The van der Waals surface area contributed by atoms with E-state index in [0.717, 1.165) is 18.4 Å². The molecule has 1 N–H and O–H groups in total. The lowest BCUT2D eigenvalue weighted by atomic mass is 9.85. The third-order valence-electron chi connectivity index (χ3n) is 2.84. The molecule has 0 heterocycles. The van der Waals surface area contributed by atoms with Crippen LogP contribution in [0.25, 0.3) is 0 Å². The first kappa shape index (κ1) is 12.6. The maximum Gasteiger partial charge on any atom is 0.115 e. The average molecular weight is 216 g/mol. The van der Waals surface area contributed by atoms with Gasteiger partial charge in [0.05, 0.1) is 0 Å². The van der Waals surface area contributed by atoms with E-state index >= 15 is 0 Å².